The minimum absolute atomic E-state index is 0.00114. The molecule has 32 heavy (non-hydrogen) atoms. The number of ketones is 1. The van der Waals surface area contributed by atoms with Crippen LogP contribution in [0.3, 0.4) is 0 Å². The zero-order valence-corrected chi connectivity index (χ0v) is 18.5. The second-order valence-corrected chi connectivity index (χ2v) is 8.31. The molecule has 1 saturated heterocycles. The molecule has 7 heteroatoms. The summed E-state index contributed by atoms with van der Waals surface area (Å²) < 4.78 is 12.0. The summed E-state index contributed by atoms with van der Waals surface area (Å²) >= 11 is 0. The van der Waals surface area contributed by atoms with Crippen LogP contribution in [0, 0.1) is 0 Å². The number of nitrogens with zero attached hydrogens (tertiary/aromatic N) is 2. The Bertz CT molecular complexity index is 1010. The molecule has 0 aromatic heterocycles. The summed E-state index contributed by atoms with van der Waals surface area (Å²) in [6.45, 7) is 5.07. The fraction of sp³-hybridized carbons (Fsp3) is 0.400. The highest BCUT2D eigenvalue weighted by Crippen LogP contribution is 2.40. The second kappa shape index (κ2) is 9.02. The Hall–Kier alpha value is -3.35. The topological polar surface area (TPSA) is 76.2 Å². The molecule has 2 heterocycles. The van der Waals surface area contributed by atoms with Crippen molar-refractivity contribution < 1.29 is 23.9 Å². The number of carbonyl (C=O) groups excluding carboxylic acids is 3. The highest BCUT2D eigenvalue weighted by atomic mass is 16.5. The Morgan fingerprint density at radius 2 is 1.84 bits per heavy atom. The number of hydrogen-bond acceptors (Lipinski definition) is 5. The van der Waals surface area contributed by atoms with Crippen molar-refractivity contribution in [1.82, 2.24) is 4.90 Å². The van der Waals surface area contributed by atoms with Gasteiger partial charge in [-0.05, 0) is 37.3 Å². The van der Waals surface area contributed by atoms with Gasteiger partial charge in [0, 0.05) is 45.1 Å². The van der Waals surface area contributed by atoms with E-state index >= 15 is 0 Å². The van der Waals surface area contributed by atoms with Crippen molar-refractivity contribution in [1.29, 1.82) is 0 Å². The van der Waals surface area contributed by atoms with E-state index in [2.05, 4.69) is 0 Å². The molecule has 4 rings (SSSR count). The van der Waals surface area contributed by atoms with E-state index in [4.69, 9.17) is 9.47 Å². The van der Waals surface area contributed by atoms with E-state index in [0.29, 0.717) is 49.5 Å². The number of likely N-dealkylation sites (tertiary alicyclic amines) is 1. The van der Waals surface area contributed by atoms with Gasteiger partial charge >= 0.3 is 0 Å². The lowest BCUT2D eigenvalue weighted by Crippen LogP contribution is -2.51. The first kappa shape index (κ1) is 21.9. The highest BCUT2D eigenvalue weighted by molar-refractivity contribution is 6.01. The molecular formula is C25H28N2O5. The molecule has 7 nitrogen and oxygen atoms in total. The van der Waals surface area contributed by atoms with E-state index in [0.717, 1.165) is 5.69 Å². The number of benzene rings is 2. The van der Waals surface area contributed by atoms with Gasteiger partial charge in [-0.1, -0.05) is 18.2 Å². The average Bonchev–Trinajstić information content (AvgIpc) is 2.79. The highest BCUT2D eigenvalue weighted by Gasteiger charge is 2.43. The maximum absolute atomic E-state index is 12.9. The van der Waals surface area contributed by atoms with Gasteiger partial charge in [-0.15, -0.1) is 0 Å². The van der Waals surface area contributed by atoms with Gasteiger partial charge in [0.05, 0.1) is 12.0 Å². The minimum Gasteiger partial charge on any atom is -0.486 e. The van der Waals surface area contributed by atoms with Gasteiger partial charge in [0.1, 0.15) is 17.1 Å². The Kier molecular flexibility index (Phi) is 6.17. The van der Waals surface area contributed by atoms with Crippen molar-refractivity contribution in [2.75, 3.05) is 31.1 Å². The molecule has 0 atom stereocenters. The lowest BCUT2D eigenvalue weighted by molar-refractivity contribution is -0.132. The molecule has 2 aromatic rings. The molecule has 168 valence electrons. The lowest BCUT2D eigenvalue weighted by atomic mass is 9.82. The number of Topliss-reactive ketones (excluding diaryl/α,β-unsaturated/α-hetero) is 1. The van der Waals surface area contributed by atoms with Crippen LogP contribution in [-0.2, 0) is 9.59 Å². The van der Waals surface area contributed by atoms with Crippen LogP contribution in [0.1, 0.15) is 43.5 Å². The van der Waals surface area contributed by atoms with Crippen LogP contribution in [0.2, 0.25) is 0 Å². The first-order valence-electron chi connectivity index (χ1n) is 11.0. The molecule has 0 saturated carbocycles. The van der Waals surface area contributed by atoms with Gasteiger partial charge in [0.25, 0.3) is 5.91 Å². The molecule has 1 fully saturated rings. The summed E-state index contributed by atoms with van der Waals surface area (Å²) in [6, 6.07) is 14.6. The number of anilines is 1. The Balaban J connectivity index is 1.41. The molecule has 2 aromatic carbocycles. The predicted octanol–water partition coefficient (Wildman–Crippen LogP) is 3.46. The van der Waals surface area contributed by atoms with E-state index < -0.39 is 5.60 Å². The third-order valence-corrected chi connectivity index (χ3v) is 6.23. The molecular weight excluding hydrogens is 408 g/mol. The average molecular weight is 437 g/mol. The van der Waals surface area contributed by atoms with E-state index in [1.807, 2.05) is 37.3 Å². The molecule has 2 aliphatic rings. The fourth-order valence-electron chi connectivity index (χ4n) is 4.40. The Morgan fingerprint density at radius 3 is 2.50 bits per heavy atom. The lowest BCUT2D eigenvalue weighted by Gasteiger charge is -2.43. The predicted molar refractivity (Wildman–Crippen MR) is 120 cm³/mol. The van der Waals surface area contributed by atoms with Crippen molar-refractivity contribution in [2.45, 2.75) is 38.7 Å². The summed E-state index contributed by atoms with van der Waals surface area (Å²) in [7, 11) is 0. The van der Waals surface area contributed by atoms with Crippen molar-refractivity contribution in [3.8, 4) is 11.5 Å². The molecule has 0 radical (unpaired) electrons. The van der Waals surface area contributed by atoms with Crippen LogP contribution in [0.5, 0.6) is 11.5 Å². The van der Waals surface area contributed by atoms with Gasteiger partial charge in [-0.25, -0.2) is 0 Å². The van der Waals surface area contributed by atoms with Gasteiger partial charge in [-0.3, -0.25) is 14.4 Å². The van der Waals surface area contributed by atoms with Crippen molar-refractivity contribution in [3.63, 3.8) is 0 Å². The number of carbonyl (C=O) groups is 3. The zero-order valence-electron chi connectivity index (χ0n) is 18.5. The van der Waals surface area contributed by atoms with Crippen LogP contribution >= 0.6 is 0 Å². The third kappa shape index (κ3) is 4.47. The number of hydrogen-bond donors (Lipinski definition) is 0. The first-order valence-corrected chi connectivity index (χ1v) is 11.0. The molecule has 0 N–H and O–H groups in total. The van der Waals surface area contributed by atoms with E-state index in [1.54, 1.807) is 34.9 Å². The number of amides is 2. The number of para-hydroxylation sites is 1. The second-order valence-electron chi connectivity index (χ2n) is 8.31. The standard InChI is InChI=1S/C25H28N2O5/c1-3-27(19-7-5-4-6-8-19)24(30)17-31-20-9-10-23-21(15-20)22(29)16-25(32-23)11-13-26(14-12-25)18(2)28/h4-10,15H,3,11-14,16-17H2,1-2H3. The fourth-order valence-corrected chi connectivity index (χ4v) is 4.40. The summed E-state index contributed by atoms with van der Waals surface area (Å²) in [5.41, 5.74) is 0.745. The molecule has 2 aliphatic heterocycles. The number of ether oxygens (including phenoxy) is 2. The Labute approximate surface area is 187 Å². The zero-order chi connectivity index (χ0) is 22.7. The van der Waals surface area contributed by atoms with E-state index in [-0.39, 0.29) is 30.6 Å². The number of rotatable bonds is 5. The molecule has 0 aliphatic carbocycles. The van der Waals surface area contributed by atoms with Gasteiger partial charge in [0.2, 0.25) is 5.91 Å². The quantitative estimate of drug-likeness (QED) is 0.718. The van der Waals surface area contributed by atoms with Crippen LogP contribution in [0.4, 0.5) is 5.69 Å². The van der Waals surface area contributed by atoms with Gasteiger partial charge < -0.3 is 19.3 Å². The maximum atomic E-state index is 12.9. The summed E-state index contributed by atoms with van der Waals surface area (Å²) in [6.07, 6.45) is 1.56. The van der Waals surface area contributed by atoms with Crippen LogP contribution in [-0.4, -0.2) is 54.3 Å². The maximum Gasteiger partial charge on any atom is 0.264 e. The largest absolute Gasteiger partial charge is 0.486 e. The van der Waals surface area contributed by atoms with Crippen LogP contribution < -0.4 is 14.4 Å². The van der Waals surface area contributed by atoms with Crippen molar-refractivity contribution in [3.05, 3.63) is 54.1 Å². The van der Waals surface area contributed by atoms with Crippen LogP contribution in [0.15, 0.2) is 48.5 Å². The molecule has 0 bridgehead atoms. The van der Waals surface area contributed by atoms with E-state index in [1.165, 1.54) is 0 Å². The number of likely N-dealkylation sites (N-methyl/N-ethyl adjacent to an activating group) is 1. The normalized spacial score (nSPS) is 16.8. The minimum atomic E-state index is -0.550. The van der Waals surface area contributed by atoms with Crippen molar-refractivity contribution >= 4 is 23.3 Å². The Morgan fingerprint density at radius 1 is 1.12 bits per heavy atom. The van der Waals surface area contributed by atoms with Gasteiger partial charge in [0.15, 0.2) is 12.4 Å². The summed E-state index contributed by atoms with van der Waals surface area (Å²) in [5.74, 6) is 0.887. The molecule has 1 spiro atoms. The van der Waals surface area contributed by atoms with Gasteiger partial charge in [-0.2, -0.15) is 0 Å². The third-order valence-electron chi connectivity index (χ3n) is 6.23. The smallest absolute Gasteiger partial charge is 0.264 e. The molecule has 2 amide bonds. The van der Waals surface area contributed by atoms with Crippen molar-refractivity contribution in [2.24, 2.45) is 0 Å². The van der Waals surface area contributed by atoms with E-state index in [9.17, 15) is 14.4 Å². The number of fused-ring (bicyclic) bond motifs is 1. The summed E-state index contributed by atoms with van der Waals surface area (Å²) in [4.78, 5) is 40.6. The monoisotopic (exact) mass is 436 g/mol. The number of piperidine rings is 1. The summed E-state index contributed by atoms with van der Waals surface area (Å²) in [5, 5.41) is 0. The first-order chi connectivity index (χ1) is 15.4. The van der Waals surface area contributed by atoms with Crippen LogP contribution in [0.25, 0.3) is 0 Å². The SMILES string of the molecule is CCN(C(=O)COc1ccc2c(c1)C(=O)CC1(CCN(C(C)=O)CC1)O2)c1ccccc1. The molecule has 0 unspecified atom stereocenters.